The lowest BCUT2D eigenvalue weighted by Crippen LogP contribution is -2.74. The average Bonchev–Trinajstić information content (AvgIpc) is 2.92. The molecule has 2 aliphatic rings. The summed E-state index contributed by atoms with van der Waals surface area (Å²) < 4.78 is 6.56. The molecule has 0 aliphatic carbocycles. The van der Waals surface area contributed by atoms with Crippen LogP contribution in [0.4, 0.5) is 0 Å². The number of hydrogen-bond acceptors (Lipinski definition) is 8. The van der Waals surface area contributed by atoms with Crippen LogP contribution in [-0.2, 0) is 19.9 Å². The third-order valence-corrected chi connectivity index (χ3v) is 7.37. The highest BCUT2D eigenvalue weighted by atomic mass is 16.5. The zero-order chi connectivity index (χ0) is 28.2. The van der Waals surface area contributed by atoms with E-state index in [9.17, 15) is 19.5 Å². The largest absolute Gasteiger partial charge is 0.488 e. The Morgan fingerprint density at radius 3 is 2.38 bits per heavy atom. The molecule has 2 aliphatic heterocycles. The molecule has 2 saturated heterocycles. The number of nitrogen functional groups attached to an aromatic ring is 1. The highest BCUT2D eigenvalue weighted by molar-refractivity contribution is 5.95. The lowest BCUT2D eigenvalue weighted by molar-refractivity contribution is -0.173. The lowest BCUT2D eigenvalue weighted by Gasteiger charge is -2.55. The summed E-state index contributed by atoms with van der Waals surface area (Å²) in [6.45, 7) is 4.86. The van der Waals surface area contributed by atoms with E-state index in [1.54, 1.807) is 54.4 Å². The number of amides is 2. The van der Waals surface area contributed by atoms with E-state index >= 15 is 0 Å². The fourth-order valence-corrected chi connectivity index (χ4v) is 5.68. The van der Waals surface area contributed by atoms with E-state index in [0.29, 0.717) is 42.1 Å². The number of pyridine rings is 1. The van der Waals surface area contributed by atoms with Crippen LogP contribution in [0.2, 0.25) is 0 Å². The van der Waals surface area contributed by atoms with Crippen molar-refractivity contribution in [2.24, 2.45) is 5.73 Å². The fourth-order valence-electron chi connectivity index (χ4n) is 5.68. The minimum absolute atomic E-state index is 0.00839. The van der Waals surface area contributed by atoms with Gasteiger partial charge in [0.25, 0.3) is 0 Å². The van der Waals surface area contributed by atoms with Gasteiger partial charge in [0.15, 0.2) is 6.04 Å². The van der Waals surface area contributed by atoms with Gasteiger partial charge < -0.3 is 36.0 Å². The number of aliphatic carboxylic acids is 1. The van der Waals surface area contributed by atoms with E-state index in [2.05, 4.69) is 15.6 Å². The van der Waals surface area contributed by atoms with Gasteiger partial charge in [-0.25, -0.2) is 4.79 Å². The smallest absolute Gasteiger partial charge is 0.329 e. The van der Waals surface area contributed by atoms with Crippen LogP contribution in [0.25, 0.3) is 0 Å². The molecule has 0 bridgehead atoms. The molecule has 2 aromatic rings. The maximum atomic E-state index is 13.7. The van der Waals surface area contributed by atoms with Gasteiger partial charge in [-0.15, -0.1) is 0 Å². The van der Waals surface area contributed by atoms with E-state index in [-0.39, 0.29) is 43.8 Å². The summed E-state index contributed by atoms with van der Waals surface area (Å²) in [6, 6.07) is 8.62. The number of benzene rings is 1. The number of nitrogens with two attached hydrogens (primary N) is 1. The first-order chi connectivity index (χ1) is 18.7. The molecule has 3 atom stereocenters. The molecule has 3 unspecified atom stereocenters. The van der Waals surface area contributed by atoms with Crippen molar-refractivity contribution in [2.45, 2.75) is 38.0 Å². The van der Waals surface area contributed by atoms with Crippen LogP contribution in [-0.4, -0.2) is 94.9 Å². The third-order valence-electron chi connectivity index (χ3n) is 7.37. The van der Waals surface area contributed by atoms with Crippen molar-refractivity contribution in [3.8, 4) is 5.75 Å². The first kappa shape index (κ1) is 28.0. The number of carbonyl (C=O) groups is 3. The van der Waals surface area contributed by atoms with Crippen molar-refractivity contribution >= 4 is 23.6 Å². The Morgan fingerprint density at radius 1 is 1.15 bits per heavy atom. The Bertz CT molecular complexity index is 1240. The van der Waals surface area contributed by atoms with Crippen LogP contribution >= 0.6 is 0 Å². The summed E-state index contributed by atoms with van der Waals surface area (Å²) >= 11 is 0. The maximum absolute atomic E-state index is 13.7. The predicted octanol–water partition coefficient (Wildman–Crippen LogP) is 0.0438. The molecule has 2 amide bonds. The van der Waals surface area contributed by atoms with Gasteiger partial charge in [0.2, 0.25) is 11.8 Å². The first-order valence-electron chi connectivity index (χ1n) is 13.0. The molecule has 2 fully saturated rings. The normalized spacial score (nSPS) is 19.2. The van der Waals surface area contributed by atoms with Crippen LogP contribution in [0.15, 0.2) is 42.6 Å². The standard InChI is InChI=1S/C27H35N7O5/c1-3-21(39-19-8-6-18(7-9-19)25(28)29)27(20-5-4-10-32-17(20)2,34-14-12-31-16-23(34)36)24(26(37)38)33-13-11-30-15-22(33)35/h4-10,21,24,30-31H,3,11-16H2,1-2H3,(H3,28,29)(H,37,38). The second kappa shape index (κ2) is 11.8. The number of carboxylic acids is 1. The number of amidine groups is 1. The summed E-state index contributed by atoms with van der Waals surface area (Å²) in [7, 11) is 0. The van der Waals surface area contributed by atoms with Crippen molar-refractivity contribution in [2.75, 3.05) is 39.3 Å². The molecule has 1 aromatic carbocycles. The second-order valence-electron chi connectivity index (χ2n) is 9.64. The molecule has 12 nitrogen and oxygen atoms in total. The van der Waals surface area contributed by atoms with Gasteiger partial charge in [0.1, 0.15) is 23.2 Å². The van der Waals surface area contributed by atoms with Crippen molar-refractivity contribution in [3.63, 3.8) is 0 Å². The van der Waals surface area contributed by atoms with Gasteiger partial charge in [-0.3, -0.25) is 20.0 Å². The van der Waals surface area contributed by atoms with Crippen LogP contribution in [0.3, 0.4) is 0 Å². The number of carbonyl (C=O) groups excluding carboxylic acids is 2. The Labute approximate surface area is 227 Å². The van der Waals surface area contributed by atoms with Crippen LogP contribution < -0.4 is 21.1 Å². The molecule has 1 aromatic heterocycles. The molecule has 4 rings (SSSR count). The van der Waals surface area contributed by atoms with Crippen LogP contribution in [0.1, 0.15) is 30.2 Å². The van der Waals surface area contributed by atoms with Crippen molar-refractivity contribution in [1.29, 1.82) is 5.41 Å². The Balaban J connectivity index is 1.99. The van der Waals surface area contributed by atoms with E-state index in [4.69, 9.17) is 15.9 Å². The Morgan fingerprint density at radius 2 is 1.82 bits per heavy atom. The number of ether oxygens (including phenoxy) is 1. The van der Waals surface area contributed by atoms with Crippen molar-refractivity contribution in [1.82, 2.24) is 25.4 Å². The number of nitrogens with zero attached hydrogens (tertiary/aromatic N) is 3. The summed E-state index contributed by atoms with van der Waals surface area (Å²) in [5.41, 5.74) is 5.54. The molecule has 0 saturated carbocycles. The van der Waals surface area contributed by atoms with E-state index < -0.39 is 23.7 Å². The van der Waals surface area contributed by atoms with Gasteiger partial charge >= 0.3 is 5.97 Å². The maximum Gasteiger partial charge on any atom is 0.329 e. The summed E-state index contributed by atoms with van der Waals surface area (Å²) in [6.07, 6.45) is 1.02. The number of aromatic nitrogens is 1. The molecule has 208 valence electrons. The Hall–Kier alpha value is -4.03. The molecule has 0 radical (unpaired) electrons. The molecule has 12 heteroatoms. The number of rotatable bonds is 10. The minimum atomic E-state index is -1.62. The topological polar surface area (TPSA) is 174 Å². The number of piperazine rings is 2. The van der Waals surface area contributed by atoms with E-state index in [1.807, 2.05) is 6.92 Å². The van der Waals surface area contributed by atoms with Gasteiger partial charge in [0, 0.05) is 49.2 Å². The molecule has 3 heterocycles. The highest BCUT2D eigenvalue weighted by Crippen LogP contribution is 2.43. The van der Waals surface area contributed by atoms with E-state index in [1.165, 1.54) is 4.90 Å². The average molecular weight is 538 g/mol. The molecule has 39 heavy (non-hydrogen) atoms. The summed E-state index contributed by atoms with van der Waals surface area (Å²) in [4.78, 5) is 47.6. The molecule has 0 spiro atoms. The molecular formula is C27H35N7O5. The lowest BCUT2D eigenvalue weighted by atomic mass is 9.73. The first-order valence-corrected chi connectivity index (χ1v) is 13.0. The summed E-state index contributed by atoms with van der Waals surface area (Å²) in [5, 5.41) is 24.6. The molecule has 6 N–H and O–H groups in total. The zero-order valence-corrected chi connectivity index (χ0v) is 22.1. The number of nitrogens with one attached hydrogen (secondary N) is 3. The van der Waals surface area contributed by atoms with Gasteiger partial charge in [-0.1, -0.05) is 13.0 Å². The monoisotopic (exact) mass is 537 g/mol. The van der Waals surface area contributed by atoms with Crippen molar-refractivity contribution in [3.05, 3.63) is 59.4 Å². The van der Waals surface area contributed by atoms with Gasteiger partial charge in [-0.05, 0) is 43.7 Å². The number of aryl methyl sites for hydroxylation is 1. The number of carboxylic acid groups (broad SMARTS) is 1. The Kier molecular flexibility index (Phi) is 8.46. The van der Waals surface area contributed by atoms with Crippen LogP contribution in [0.5, 0.6) is 5.75 Å². The number of hydrogen-bond donors (Lipinski definition) is 5. The highest BCUT2D eigenvalue weighted by Gasteiger charge is 2.60. The second-order valence-corrected chi connectivity index (χ2v) is 9.64. The summed E-state index contributed by atoms with van der Waals surface area (Å²) in [5.74, 6) is -1.59. The zero-order valence-electron chi connectivity index (χ0n) is 22.1. The quantitative estimate of drug-likeness (QED) is 0.207. The SMILES string of the molecule is CCC(Oc1ccc(C(=N)N)cc1)C(c1cccnc1C)(C(C(=O)O)N1CCNCC1=O)N1CCNCC1=O. The van der Waals surface area contributed by atoms with Crippen LogP contribution in [0, 0.1) is 12.3 Å². The predicted molar refractivity (Wildman–Crippen MR) is 143 cm³/mol. The fraction of sp³-hybridized carbons (Fsp3) is 0.444. The van der Waals surface area contributed by atoms with E-state index in [0.717, 1.165) is 0 Å². The van der Waals surface area contributed by atoms with Gasteiger partial charge in [-0.2, -0.15) is 0 Å². The van der Waals surface area contributed by atoms with Gasteiger partial charge in [0.05, 0.1) is 13.1 Å². The minimum Gasteiger partial charge on any atom is -0.488 e. The molecular weight excluding hydrogens is 502 g/mol. The third kappa shape index (κ3) is 5.30. The van der Waals surface area contributed by atoms with Crippen molar-refractivity contribution < 1.29 is 24.2 Å².